The molecule has 4 heteroatoms. The number of thiophene rings is 1. The Bertz CT molecular complexity index is 732. The van der Waals surface area contributed by atoms with Gasteiger partial charge in [-0.3, -0.25) is 0 Å². The van der Waals surface area contributed by atoms with E-state index in [0.717, 1.165) is 50.5 Å². The van der Waals surface area contributed by atoms with Crippen LogP contribution in [0.2, 0.25) is 0 Å². The molecule has 1 aliphatic rings. The molecule has 2 nitrogen and oxygen atoms in total. The molecule has 1 aromatic carbocycles. The first-order chi connectivity index (χ1) is 14.6. The van der Waals surface area contributed by atoms with Crippen molar-refractivity contribution in [2.75, 3.05) is 0 Å². The third-order valence-corrected chi connectivity index (χ3v) is 8.14. The van der Waals surface area contributed by atoms with Crippen LogP contribution in [0.1, 0.15) is 80.4 Å². The van der Waals surface area contributed by atoms with Gasteiger partial charge in [0.2, 0.25) is 0 Å². The first kappa shape index (κ1) is 23.8. The number of aryl methyl sites for hydroxylation is 2. The van der Waals surface area contributed by atoms with Crippen LogP contribution in [0.5, 0.6) is 0 Å². The number of aliphatic hydroxyl groups is 2. The summed E-state index contributed by atoms with van der Waals surface area (Å²) in [6.45, 7) is 2.19. The van der Waals surface area contributed by atoms with Crippen molar-refractivity contribution < 1.29 is 10.2 Å². The number of benzene rings is 1. The lowest BCUT2D eigenvalue weighted by atomic mass is 9.85. The number of halogens is 1. The van der Waals surface area contributed by atoms with Gasteiger partial charge in [-0.2, -0.15) is 0 Å². The van der Waals surface area contributed by atoms with Gasteiger partial charge in [-0.25, -0.2) is 0 Å². The van der Waals surface area contributed by atoms with E-state index in [0.29, 0.717) is 18.3 Å². The predicted molar refractivity (Wildman–Crippen MR) is 128 cm³/mol. The smallest absolute Gasteiger partial charge is 0.0790 e. The van der Waals surface area contributed by atoms with Crippen LogP contribution in [-0.2, 0) is 12.8 Å². The molecule has 1 fully saturated rings. The number of hydrogen-bond acceptors (Lipinski definition) is 3. The van der Waals surface area contributed by atoms with E-state index in [-0.39, 0.29) is 17.6 Å². The highest BCUT2D eigenvalue weighted by atomic mass is 35.5. The zero-order valence-electron chi connectivity index (χ0n) is 18.2. The van der Waals surface area contributed by atoms with Crippen LogP contribution in [0.15, 0.2) is 41.8 Å². The maximum Gasteiger partial charge on any atom is 0.0790 e. The van der Waals surface area contributed by atoms with E-state index in [1.807, 2.05) is 17.4 Å². The van der Waals surface area contributed by atoms with Crippen molar-refractivity contribution in [1.82, 2.24) is 0 Å². The van der Waals surface area contributed by atoms with E-state index < -0.39 is 0 Å². The highest BCUT2D eigenvalue weighted by Gasteiger charge is 2.40. The lowest BCUT2D eigenvalue weighted by molar-refractivity contribution is 0.108. The van der Waals surface area contributed by atoms with Crippen LogP contribution < -0.4 is 0 Å². The molecule has 0 radical (unpaired) electrons. The minimum Gasteiger partial charge on any atom is -0.393 e. The Morgan fingerprint density at radius 3 is 2.70 bits per heavy atom. The Hall–Kier alpha value is -0.870. The average Bonchev–Trinajstić information content (AvgIpc) is 3.35. The molecule has 0 saturated heterocycles. The lowest BCUT2D eigenvalue weighted by Crippen LogP contribution is -2.21. The van der Waals surface area contributed by atoms with E-state index in [1.165, 1.54) is 23.3 Å². The first-order valence-electron chi connectivity index (χ1n) is 11.7. The molecule has 0 amide bonds. The molecule has 5 atom stereocenters. The molecule has 3 unspecified atom stereocenters. The second kappa shape index (κ2) is 12.2. The second-order valence-corrected chi connectivity index (χ2v) is 10.5. The Balaban J connectivity index is 1.53. The summed E-state index contributed by atoms with van der Waals surface area (Å²) in [5, 5.41) is 23.3. The molecule has 30 heavy (non-hydrogen) atoms. The van der Waals surface area contributed by atoms with Gasteiger partial charge >= 0.3 is 0 Å². The third kappa shape index (κ3) is 6.82. The molecule has 0 bridgehead atoms. The number of rotatable bonds is 12. The number of unbranched alkanes of at least 4 members (excludes halogenated alkanes) is 2. The SMILES string of the molecule is CCCCCC(O)c1cccc(CC[C@H]2C(Cl)CC(O)[C@@H]2CCCc2cccs2)c1. The van der Waals surface area contributed by atoms with Gasteiger partial charge in [0, 0.05) is 10.3 Å². The van der Waals surface area contributed by atoms with E-state index >= 15 is 0 Å². The van der Waals surface area contributed by atoms with Crippen LogP contribution in [-0.4, -0.2) is 21.7 Å². The van der Waals surface area contributed by atoms with Crippen molar-refractivity contribution >= 4 is 22.9 Å². The fraction of sp³-hybridized carbons (Fsp3) is 0.615. The van der Waals surface area contributed by atoms with Crippen LogP contribution >= 0.6 is 22.9 Å². The van der Waals surface area contributed by atoms with E-state index in [9.17, 15) is 10.2 Å². The lowest BCUT2D eigenvalue weighted by Gasteiger charge is -2.23. The molecule has 1 saturated carbocycles. The molecule has 2 aromatic rings. The van der Waals surface area contributed by atoms with E-state index in [4.69, 9.17) is 11.6 Å². The first-order valence-corrected chi connectivity index (χ1v) is 13.0. The summed E-state index contributed by atoms with van der Waals surface area (Å²) in [5.41, 5.74) is 2.30. The van der Waals surface area contributed by atoms with Crippen LogP contribution in [0, 0.1) is 11.8 Å². The Kier molecular flexibility index (Phi) is 9.70. The predicted octanol–water partition coefficient (Wildman–Crippen LogP) is 6.92. The summed E-state index contributed by atoms with van der Waals surface area (Å²) < 4.78 is 0. The monoisotopic (exact) mass is 448 g/mol. The van der Waals surface area contributed by atoms with Crippen molar-refractivity contribution in [2.24, 2.45) is 11.8 Å². The highest BCUT2D eigenvalue weighted by molar-refractivity contribution is 7.09. The average molecular weight is 449 g/mol. The van der Waals surface area contributed by atoms with Crippen molar-refractivity contribution in [3.63, 3.8) is 0 Å². The normalized spacial score (nSPS) is 24.9. The molecular formula is C26H37ClO2S. The minimum absolute atomic E-state index is 0.0644. The molecule has 1 aromatic heterocycles. The van der Waals surface area contributed by atoms with Gasteiger partial charge in [0.1, 0.15) is 0 Å². The summed E-state index contributed by atoms with van der Waals surface area (Å²) in [6.07, 6.45) is 9.55. The largest absolute Gasteiger partial charge is 0.393 e. The Labute approximate surface area is 191 Å². The molecule has 0 aliphatic heterocycles. The maximum absolute atomic E-state index is 10.6. The number of alkyl halides is 1. The van der Waals surface area contributed by atoms with Gasteiger partial charge in [-0.05, 0) is 79.4 Å². The van der Waals surface area contributed by atoms with Gasteiger partial charge in [-0.1, -0.05) is 56.5 Å². The van der Waals surface area contributed by atoms with Gasteiger partial charge in [-0.15, -0.1) is 22.9 Å². The highest BCUT2D eigenvalue weighted by Crippen LogP contribution is 2.41. The topological polar surface area (TPSA) is 40.5 Å². The van der Waals surface area contributed by atoms with Gasteiger partial charge in [0.15, 0.2) is 0 Å². The molecule has 3 rings (SSSR count). The maximum atomic E-state index is 10.6. The zero-order chi connectivity index (χ0) is 21.3. The van der Waals surface area contributed by atoms with Crippen molar-refractivity contribution in [3.8, 4) is 0 Å². The van der Waals surface area contributed by atoms with Crippen LogP contribution in [0.4, 0.5) is 0 Å². The zero-order valence-corrected chi connectivity index (χ0v) is 19.8. The number of hydrogen-bond donors (Lipinski definition) is 2. The standard InChI is InChI=1S/C26H37ClO2S/c1-2-3-4-13-25(28)20-9-5-8-19(17-20)14-15-22-23(26(29)18-24(22)27)12-6-10-21-11-7-16-30-21/h5,7-9,11,16-17,22-26,28-29H,2-4,6,10,12-15,18H2,1H3/t22-,23-,24?,25?,26?/m1/s1. The van der Waals surface area contributed by atoms with Crippen molar-refractivity contribution in [2.45, 2.75) is 88.7 Å². The summed E-state index contributed by atoms with van der Waals surface area (Å²) >= 11 is 8.48. The summed E-state index contributed by atoms with van der Waals surface area (Å²) in [4.78, 5) is 1.43. The van der Waals surface area contributed by atoms with Gasteiger partial charge < -0.3 is 10.2 Å². The van der Waals surface area contributed by atoms with Gasteiger partial charge in [0.05, 0.1) is 12.2 Å². The third-order valence-electron chi connectivity index (χ3n) is 6.70. The summed E-state index contributed by atoms with van der Waals surface area (Å²) in [7, 11) is 0. The van der Waals surface area contributed by atoms with Crippen molar-refractivity contribution in [3.05, 3.63) is 57.8 Å². The van der Waals surface area contributed by atoms with E-state index in [1.54, 1.807) is 0 Å². The molecular weight excluding hydrogens is 412 g/mol. The van der Waals surface area contributed by atoms with Crippen LogP contribution in [0.25, 0.3) is 0 Å². The summed E-state index contributed by atoms with van der Waals surface area (Å²) in [6, 6.07) is 12.7. The molecule has 1 heterocycles. The fourth-order valence-corrected chi connectivity index (χ4v) is 6.19. The molecule has 166 valence electrons. The molecule has 1 aliphatic carbocycles. The van der Waals surface area contributed by atoms with Crippen LogP contribution in [0.3, 0.4) is 0 Å². The van der Waals surface area contributed by atoms with E-state index in [2.05, 4.69) is 42.6 Å². The Morgan fingerprint density at radius 1 is 1.07 bits per heavy atom. The second-order valence-electron chi connectivity index (χ2n) is 8.91. The molecule has 0 spiro atoms. The van der Waals surface area contributed by atoms with Gasteiger partial charge in [0.25, 0.3) is 0 Å². The minimum atomic E-state index is -0.365. The Morgan fingerprint density at radius 2 is 1.93 bits per heavy atom. The van der Waals surface area contributed by atoms with Crippen molar-refractivity contribution in [1.29, 1.82) is 0 Å². The number of aliphatic hydroxyl groups excluding tert-OH is 2. The fourth-order valence-electron chi connectivity index (χ4n) is 4.95. The quantitative estimate of drug-likeness (QED) is 0.273. The summed E-state index contributed by atoms with van der Waals surface area (Å²) in [5.74, 6) is 0.665. The molecule has 2 N–H and O–H groups in total.